The van der Waals surface area contributed by atoms with Crippen molar-refractivity contribution in [1.82, 2.24) is 44.3 Å². The Bertz CT molecular complexity index is 3130. The Balaban J connectivity index is 1.18. The van der Waals surface area contributed by atoms with Gasteiger partial charge in [0.2, 0.25) is 5.95 Å². The number of hydrogen-bond acceptors (Lipinski definition) is 7. The summed E-state index contributed by atoms with van der Waals surface area (Å²) in [6, 6.07) is 52.6. The lowest BCUT2D eigenvalue weighted by Crippen LogP contribution is -2.38. The van der Waals surface area contributed by atoms with Gasteiger partial charge in [0.1, 0.15) is 6.17 Å². The molecule has 6 aromatic carbocycles. The van der Waals surface area contributed by atoms with Gasteiger partial charge in [-0.3, -0.25) is 9.88 Å². The molecule has 1 atom stereocenters. The van der Waals surface area contributed by atoms with Crippen LogP contribution in [-0.4, -0.2) is 52.5 Å². The molecule has 4 aromatic heterocycles. The summed E-state index contributed by atoms with van der Waals surface area (Å²) in [6.45, 7) is 0.565. The highest BCUT2D eigenvalue weighted by molar-refractivity contribution is 6.23. The summed E-state index contributed by atoms with van der Waals surface area (Å²) in [7, 11) is 2.08. The van der Waals surface area contributed by atoms with E-state index in [1.807, 2.05) is 36.4 Å². The summed E-state index contributed by atoms with van der Waals surface area (Å²) < 4.78 is 4.58. The Kier molecular flexibility index (Phi) is 7.71. The zero-order valence-corrected chi connectivity index (χ0v) is 31.0. The summed E-state index contributed by atoms with van der Waals surface area (Å²) in [5, 5.41) is 8.27. The predicted octanol–water partition coefficient (Wildman–Crippen LogP) is 9.76. The first kappa shape index (κ1) is 32.9. The number of hydrogen-bond donors (Lipinski definition) is 1. The maximum atomic E-state index is 5.34. The molecule has 272 valence electrons. The minimum absolute atomic E-state index is 0.0141. The van der Waals surface area contributed by atoms with Gasteiger partial charge in [-0.15, -0.1) is 0 Å². The van der Waals surface area contributed by atoms with Crippen LogP contribution in [0.2, 0.25) is 0 Å². The first-order chi connectivity index (χ1) is 28.2. The van der Waals surface area contributed by atoms with Gasteiger partial charge in [-0.05, 0) is 29.8 Å². The van der Waals surface area contributed by atoms with E-state index in [1.165, 1.54) is 10.9 Å². The van der Waals surface area contributed by atoms with Gasteiger partial charge in [0.05, 0.1) is 27.6 Å². The molecule has 1 aliphatic rings. The molecule has 57 heavy (non-hydrogen) atoms. The van der Waals surface area contributed by atoms with Crippen LogP contribution < -0.4 is 5.32 Å². The molecule has 11 rings (SSSR count). The molecule has 0 spiro atoms. The standard InChI is InChI=1S/C48H35N9/c1-55-30-34(29-51-47(55)32-17-7-3-8-18-32)46-52-45(33-27-49-44(50-28-33)31-15-5-2-6-16-31)53-48(54-46)57-41-24-14-12-22-37(41)39-26-25-38-36-21-11-13-23-40(36)56(42(38)43(39)57)35-19-9-4-10-20-35/h2-28,30,47,51H,29H2,1H3. The van der Waals surface area contributed by atoms with E-state index in [9.17, 15) is 0 Å². The van der Waals surface area contributed by atoms with Crippen LogP contribution in [0.3, 0.4) is 0 Å². The third kappa shape index (κ3) is 5.47. The van der Waals surface area contributed by atoms with Crippen LogP contribution in [0.5, 0.6) is 0 Å². The molecular weight excluding hydrogens is 703 g/mol. The number of nitrogens with one attached hydrogen (secondary N) is 1. The van der Waals surface area contributed by atoms with Gasteiger partial charge in [0.15, 0.2) is 17.5 Å². The lowest BCUT2D eigenvalue weighted by atomic mass is 10.1. The van der Waals surface area contributed by atoms with Crippen molar-refractivity contribution in [2.45, 2.75) is 6.17 Å². The van der Waals surface area contributed by atoms with E-state index in [4.69, 9.17) is 24.9 Å². The second-order valence-corrected chi connectivity index (χ2v) is 14.4. The fourth-order valence-corrected chi connectivity index (χ4v) is 8.31. The van der Waals surface area contributed by atoms with E-state index in [-0.39, 0.29) is 6.17 Å². The monoisotopic (exact) mass is 737 g/mol. The predicted molar refractivity (Wildman–Crippen MR) is 228 cm³/mol. The number of benzene rings is 6. The Morgan fingerprint density at radius 1 is 0.509 bits per heavy atom. The highest BCUT2D eigenvalue weighted by Gasteiger charge is 2.26. The van der Waals surface area contributed by atoms with Crippen LogP contribution in [0.4, 0.5) is 0 Å². The molecule has 0 amide bonds. The van der Waals surface area contributed by atoms with Gasteiger partial charge < -0.3 is 9.47 Å². The van der Waals surface area contributed by atoms with Gasteiger partial charge in [0, 0.05) is 70.6 Å². The molecule has 5 heterocycles. The number of nitrogens with zero attached hydrogens (tertiary/aromatic N) is 8. The van der Waals surface area contributed by atoms with Crippen molar-refractivity contribution >= 4 is 49.2 Å². The summed E-state index contributed by atoms with van der Waals surface area (Å²) in [5.41, 5.74) is 9.08. The van der Waals surface area contributed by atoms with Gasteiger partial charge in [-0.1, -0.05) is 127 Å². The zero-order chi connectivity index (χ0) is 37.9. The van der Waals surface area contributed by atoms with Crippen LogP contribution >= 0.6 is 0 Å². The molecular formula is C48H35N9. The molecule has 1 aliphatic heterocycles. The molecule has 0 saturated carbocycles. The van der Waals surface area contributed by atoms with E-state index in [0.717, 1.165) is 55.0 Å². The summed E-state index contributed by atoms with van der Waals surface area (Å²) in [6.07, 6.45) is 5.77. The second-order valence-electron chi connectivity index (χ2n) is 14.4. The first-order valence-corrected chi connectivity index (χ1v) is 19.1. The molecule has 0 bridgehead atoms. The normalized spacial score (nSPS) is 14.5. The van der Waals surface area contributed by atoms with Gasteiger partial charge in [0.25, 0.3) is 0 Å². The third-order valence-corrected chi connectivity index (χ3v) is 10.9. The van der Waals surface area contributed by atoms with Crippen molar-refractivity contribution < 1.29 is 0 Å². The maximum Gasteiger partial charge on any atom is 0.238 e. The fraction of sp³-hybridized carbons (Fsp3) is 0.0625. The first-order valence-electron chi connectivity index (χ1n) is 19.1. The van der Waals surface area contributed by atoms with Crippen molar-refractivity contribution in [3.8, 4) is 34.4 Å². The number of para-hydroxylation sites is 3. The van der Waals surface area contributed by atoms with Crippen molar-refractivity contribution in [2.24, 2.45) is 0 Å². The summed E-state index contributed by atoms with van der Waals surface area (Å²) in [5.74, 6) is 2.22. The average Bonchev–Trinajstić information content (AvgIpc) is 3.80. The van der Waals surface area contributed by atoms with Crippen molar-refractivity contribution in [3.05, 3.63) is 182 Å². The molecule has 0 saturated heterocycles. The molecule has 1 unspecified atom stereocenters. The summed E-state index contributed by atoms with van der Waals surface area (Å²) >= 11 is 0. The lowest BCUT2D eigenvalue weighted by molar-refractivity contribution is 0.278. The van der Waals surface area contributed by atoms with Crippen LogP contribution in [0.1, 0.15) is 17.6 Å². The molecule has 0 fully saturated rings. The minimum Gasteiger partial charge on any atom is -0.361 e. The fourth-order valence-electron chi connectivity index (χ4n) is 8.31. The van der Waals surface area contributed by atoms with Crippen molar-refractivity contribution in [2.75, 3.05) is 13.6 Å². The number of aromatic nitrogens is 7. The second kappa shape index (κ2) is 13.4. The zero-order valence-electron chi connectivity index (χ0n) is 31.0. The van der Waals surface area contributed by atoms with Crippen molar-refractivity contribution in [3.63, 3.8) is 0 Å². The average molecular weight is 738 g/mol. The van der Waals surface area contributed by atoms with Gasteiger partial charge in [-0.2, -0.15) is 9.97 Å². The number of rotatable bonds is 6. The quantitative estimate of drug-likeness (QED) is 0.182. The Labute approximate surface area is 328 Å². The van der Waals surface area contributed by atoms with Crippen molar-refractivity contribution in [1.29, 1.82) is 0 Å². The maximum absolute atomic E-state index is 5.34. The third-order valence-electron chi connectivity index (χ3n) is 10.9. The van der Waals surface area contributed by atoms with E-state index in [2.05, 4.69) is 148 Å². The Hall–Kier alpha value is -7.49. The van der Waals surface area contributed by atoms with Crippen LogP contribution in [0.15, 0.2) is 170 Å². The van der Waals surface area contributed by atoms with Gasteiger partial charge >= 0.3 is 0 Å². The highest BCUT2D eigenvalue weighted by Crippen LogP contribution is 2.41. The Morgan fingerprint density at radius 3 is 1.74 bits per heavy atom. The molecule has 10 aromatic rings. The molecule has 0 aliphatic carbocycles. The molecule has 1 N–H and O–H groups in total. The van der Waals surface area contributed by atoms with Gasteiger partial charge in [-0.25, -0.2) is 15.0 Å². The largest absolute Gasteiger partial charge is 0.361 e. The molecule has 0 radical (unpaired) electrons. The van der Waals surface area contributed by atoms with Crippen LogP contribution in [-0.2, 0) is 0 Å². The summed E-state index contributed by atoms with van der Waals surface area (Å²) in [4.78, 5) is 27.5. The topological polar surface area (TPSA) is 89.6 Å². The van der Waals surface area contributed by atoms with E-state index in [1.54, 1.807) is 12.4 Å². The minimum atomic E-state index is 0.0141. The van der Waals surface area contributed by atoms with E-state index >= 15 is 0 Å². The lowest BCUT2D eigenvalue weighted by Gasteiger charge is -2.33. The van der Waals surface area contributed by atoms with E-state index in [0.29, 0.717) is 35.5 Å². The Morgan fingerprint density at radius 2 is 1.07 bits per heavy atom. The number of fused-ring (bicyclic) bond motifs is 7. The van der Waals surface area contributed by atoms with Crippen LogP contribution in [0, 0.1) is 0 Å². The molecule has 9 nitrogen and oxygen atoms in total. The smallest absolute Gasteiger partial charge is 0.238 e. The highest BCUT2D eigenvalue weighted by atomic mass is 15.3. The van der Waals surface area contributed by atoms with Crippen LogP contribution in [0.25, 0.3) is 83.6 Å². The van der Waals surface area contributed by atoms with E-state index < -0.39 is 0 Å². The SMILES string of the molecule is CN1C=C(c2nc(-c3cnc(-c4ccccc4)nc3)nc(-n3c4ccccc4c4ccc5c6ccccc6n(-c6ccccc6)c5c43)n2)CNC1c1ccccc1. The molecule has 9 heteroatoms.